The number of carboxylic acid groups (broad SMARTS) is 1. The van der Waals surface area contributed by atoms with E-state index in [-0.39, 0.29) is 11.7 Å². The smallest absolute Gasteiger partial charge is 0.419 e. The molecule has 4 rings (SSSR count). The SMILES string of the molecule is CCC(Oc1cc(C(=O)O)ccc1C(F)(F)F)OC1CC2CC1C1CCCC21. The number of aromatic carboxylic acids is 1. The van der Waals surface area contributed by atoms with Gasteiger partial charge in [-0.2, -0.15) is 13.2 Å². The van der Waals surface area contributed by atoms with Gasteiger partial charge in [-0.25, -0.2) is 4.79 Å². The van der Waals surface area contributed by atoms with Crippen LogP contribution in [-0.4, -0.2) is 23.5 Å². The minimum Gasteiger partial charge on any atom is -0.478 e. The van der Waals surface area contributed by atoms with E-state index in [4.69, 9.17) is 14.6 Å². The maximum absolute atomic E-state index is 13.3. The number of rotatable bonds is 6. The van der Waals surface area contributed by atoms with Gasteiger partial charge in [-0.05, 0) is 67.6 Å². The zero-order valence-corrected chi connectivity index (χ0v) is 15.7. The van der Waals surface area contributed by atoms with Crippen molar-refractivity contribution < 1.29 is 32.5 Å². The van der Waals surface area contributed by atoms with Crippen molar-refractivity contribution in [3.63, 3.8) is 0 Å². The van der Waals surface area contributed by atoms with Gasteiger partial charge in [0.25, 0.3) is 0 Å². The lowest BCUT2D eigenvalue weighted by atomic mass is 9.80. The molecule has 3 aliphatic rings. The number of carboxylic acids is 1. The Balaban J connectivity index is 1.51. The van der Waals surface area contributed by atoms with Crippen LogP contribution in [0.15, 0.2) is 18.2 Å². The molecule has 1 aromatic rings. The van der Waals surface area contributed by atoms with Gasteiger partial charge in [0.2, 0.25) is 0 Å². The average Bonchev–Trinajstić information content (AvgIpc) is 3.33. The normalized spacial score (nSPS) is 32.4. The van der Waals surface area contributed by atoms with Crippen molar-refractivity contribution in [1.82, 2.24) is 0 Å². The Morgan fingerprint density at radius 2 is 1.96 bits per heavy atom. The van der Waals surface area contributed by atoms with Crippen molar-refractivity contribution in [2.75, 3.05) is 0 Å². The van der Waals surface area contributed by atoms with Crippen molar-refractivity contribution in [3.05, 3.63) is 29.3 Å². The summed E-state index contributed by atoms with van der Waals surface area (Å²) >= 11 is 0. The Kier molecular flexibility index (Phi) is 5.06. The molecule has 0 radical (unpaired) electrons. The van der Waals surface area contributed by atoms with Crippen molar-refractivity contribution in [1.29, 1.82) is 0 Å². The molecule has 3 saturated carbocycles. The van der Waals surface area contributed by atoms with Crippen molar-refractivity contribution >= 4 is 5.97 Å². The summed E-state index contributed by atoms with van der Waals surface area (Å²) in [5, 5.41) is 9.11. The molecule has 0 aromatic heterocycles. The second-order valence-corrected chi connectivity index (χ2v) is 8.30. The number of hydrogen-bond donors (Lipinski definition) is 1. The quantitative estimate of drug-likeness (QED) is 0.656. The Morgan fingerprint density at radius 3 is 2.64 bits per heavy atom. The lowest BCUT2D eigenvalue weighted by Crippen LogP contribution is -2.35. The number of hydrogen-bond acceptors (Lipinski definition) is 3. The van der Waals surface area contributed by atoms with Gasteiger partial charge in [0.15, 0.2) is 6.29 Å². The number of ether oxygens (including phenoxy) is 2. The van der Waals surface area contributed by atoms with E-state index >= 15 is 0 Å². The third-order valence-corrected chi connectivity index (χ3v) is 6.82. The van der Waals surface area contributed by atoms with E-state index in [9.17, 15) is 18.0 Å². The Bertz CT molecular complexity index is 748. The first kappa shape index (κ1) is 19.6. The van der Waals surface area contributed by atoms with Gasteiger partial charge in [-0.3, -0.25) is 0 Å². The van der Waals surface area contributed by atoms with E-state index in [1.54, 1.807) is 6.92 Å². The second kappa shape index (κ2) is 7.25. The van der Waals surface area contributed by atoms with Crippen molar-refractivity contribution in [2.24, 2.45) is 23.7 Å². The van der Waals surface area contributed by atoms with Gasteiger partial charge in [0.1, 0.15) is 5.75 Å². The minimum absolute atomic E-state index is 0.0197. The summed E-state index contributed by atoms with van der Waals surface area (Å²) in [6.45, 7) is 1.80. The predicted molar refractivity (Wildman–Crippen MR) is 95.0 cm³/mol. The first-order chi connectivity index (χ1) is 13.3. The predicted octanol–water partition coefficient (Wildman–Crippen LogP) is 5.36. The highest BCUT2D eigenvalue weighted by Gasteiger charge is 2.54. The van der Waals surface area contributed by atoms with Crippen LogP contribution in [0.3, 0.4) is 0 Å². The third-order valence-electron chi connectivity index (χ3n) is 6.82. The maximum Gasteiger partial charge on any atom is 0.419 e. The molecule has 0 heterocycles. The van der Waals surface area contributed by atoms with Gasteiger partial charge in [-0.1, -0.05) is 13.3 Å². The van der Waals surface area contributed by atoms with Gasteiger partial charge in [0, 0.05) is 6.42 Å². The van der Waals surface area contributed by atoms with E-state index in [0.29, 0.717) is 24.2 Å². The van der Waals surface area contributed by atoms with E-state index in [1.165, 1.54) is 19.3 Å². The fourth-order valence-electron chi connectivity index (χ4n) is 5.69. The van der Waals surface area contributed by atoms with Crippen LogP contribution >= 0.6 is 0 Å². The highest BCUT2D eigenvalue weighted by Crippen LogP contribution is 2.59. The molecular formula is C21H25F3O4. The summed E-state index contributed by atoms with van der Waals surface area (Å²) in [7, 11) is 0. The summed E-state index contributed by atoms with van der Waals surface area (Å²) in [5.74, 6) is 0.843. The first-order valence-corrected chi connectivity index (χ1v) is 10.0. The first-order valence-electron chi connectivity index (χ1n) is 10.0. The van der Waals surface area contributed by atoms with Crippen LogP contribution in [0.2, 0.25) is 0 Å². The molecule has 28 heavy (non-hydrogen) atoms. The molecule has 0 aliphatic heterocycles. The second-order valence-electron chi connectivity index (χ2n) is 8.30. The fourth-order valence-corrected chi connectivity index (χ4v) is 5.69. The number of alkyl halides is 3. The summed E-state index contributed by atoms with van der Waals surface area (Å²) in [4.78, 5) is 11.2. The molecule has 6 atom stereocenters. The summed E-state index contributed by atoms with van der Waals surface area (Å²) in [6.07, 6.45) is 0.835. The number of fused-ring (bicyclic) bond motifs is 5. The number of carbonyl (C=O) groups is 1. The minimum atomic E-state index is -4.63. The Hall–Kier alpha value is -1.76. The zero-order chi connectivity index (χ0) is 20.1. The van der Waals surface area contributed by atoms with Gasteiger partial charge in [-0.15, -0.1) is 0 Å². The number of benzene rings is 1. The lowest BCUT2D eigenvalue weighted by Gasteiger charge is -2.34. The third kappa shape index (κ3) is 3.49. The monoisotopic (exact) mass is 398 g/mol. The molecule has 3 aliphatic carbocycles. The lowest BCUT2D eigenvalue weighted by molar-refractivity contribution is -0.155. The van der Waals surface area contributed by atoms with Crippen molar-refractivity contribution in [2.45, 2.75) is 64.0 Å². The molecule has 0 saturated heterocycles. The highest BCUT2D eigenvalue weighted by molar-refractivity contribution is 5.88. The Morgan fingerprint density at radius 1 is 1.21 bits per heavy atom. The molecule has 0 spiro atoms. The maximum atomic E-state index is 13.3. The molecule has 2 bridgehead atoms. The topological polar surface area (TPSA) is 55.8 Å². The fraction of sp³-hybridized carbons (Fsp3) is 0.667. The van der Waals surface area contributed by atoms with Crippen LogP contribution < -0.4 is 4.74 Å². The van der Waals surface area contributed by atoms with Crippen LogP contribution in [-0.2, 0) is 10.9 Å². The van der Waals surface area contributed by atoms with E-state index in [2.05, 4.69) is 0 Å². The van der Waals surface area contributed by atoms with Gasteiger partial charge < -0.3 is 14.6 Å². The molecule has 6 unspecified atom stereocenters. The zero-order valence-electron chi connectivity index (χ0n) is 15.7. The largest absolute Gasteiger partial charge is 0.478 e. The molecule has 3 fully saturated rings. The van der Waals surface area contributed by atoms with Crippen LogP contribution in [0.4, 0.5) is 13.2 Å². The average molecular weight is 398 g/mol. The summed E-state index contributed by atoms with van der Waals surface area (Å²) in [6, 6.07) is 2.63. The van der Waals surface area contributed by atoms with Crippen LogP contribution in [0.25, 0.3) is 0 Å². The molecular weight excluding hydrogens is 373 g/mol. The van der Waals surface area contributed by atoms with Gasteiger partial charge >= 0.3 is 12.1 Å². The van der Waals surface area contributed by atoms with Crippen LogP contribution in [0, 0.1) is 23.7 Å². The van der Waals surface area contributed by atoms with Crippen LogP contribution in [0.5, 0.6) is 5.75 Å². The van der Waals surface area contributed by atoms with Crippen LogP contribution in [0.1, 0.15) is 61.4 Å². The molecule has 154 valence electrons. The molecule has 4 nitrogen and oxygen atoms in total. The van der Waals surface area contributed by atoms with Gasteiger partial charge in [0.05, 0.1) is 17.2 Å². The summed E-state index contributed by atoms with van der Waals surface area (Å²) < 4.78 is 51.8. The summed E-state index contributed by atoms with van der Waals surface area (Å²) in [5.41, 5.74) is -1.23. The molecule has 1 N–H and O–H groups in total. The number of halogens is 3. The standard InChI is InChI=1S/C21H25F3O4/c1-2-19(27-17-10-12-8-15(17)14-5-3-4-13(12)14)28-18-9-11(20(25)26)6-7-16(18)21(22,23)24/h6-7,9,12-15,17,19H,2-5,8,10H2,1H3,(H,25,26). The van der Waals surface area contributed by atoms with E-state index < -0.39 is 29.7 Å². The molecule has 1 aromatic carbocycles. The van der Waals surface area contributed by atoms with E-state index in [0.717, 1.165) is 37.0 Å². The Labute approximate surface area is 162 Å². The van der Waals surface area contributed by atoms with Crippen molar-refractivity contribution in [3.8, 4) is 5.75 Å². The highest BCUT2D eigenvalue weighted by atomic mass is 19.4. The molecule has 0 amide bonds. The van der Waals surface area contributed by atoms with E-state index in [1.807, 2.05) is 0 Å². The molecule has 7 heteroatoms.